The third kappa shape index (κ3) is 6.04. The maximum atomic E-state index is 13.8. The molecule has 3 aromatic rings. The number of hydrogen-bond donors (Lipinski definition) is 4. The normalized spacial score (nSPS) is 25.2. The average Bonchev–Trinajstić information content (AvgIpc) is 3.41. The monoisotopic (exact) mass is 560 g/mol. The number of terminal acetylenes is 1. The number of benzene rings is 1. The molecule has 208 valence electrons. The topological polar surface area (TPSA) is 193 Å². The maximum Gasteiger partial charge on any atom is 0.459 e. The zero-order valence-corrected chi connectivity index (χ0v) is 22.3. The smallest absolute Gasteiger partial charge is 0.459 e. The number of hydrogen-bond acceptors (Lipinski definition) is 12. The number of aliphatic hydroxyl groups excluding tert-OH is 2. The molecule has 0 amide bonds. The fraction of sp³-hybridized carbons (Fsp3) is 0.417. The number of imidazole rings is 1. The van der Waals surface area contributed by atoms with E-state index in [4.69, 9.17) is 30.7 Å². The highest BCUT2D eigenvalue weighted by Crippen LogP contribution is 2.48. The summed E-state index contributed by atoms with van der Waals surface area (Å²) in [6.07, 6.45) is 3.50. The van der Waals surface area contributed by atoms with Crippen molar-refractivity contribution >= 4 is 30.8 Å². The number of esters is 1. The van der Waals surface area contributed by atoms with Crippen molar-refractivity contribution in [2.24, 2.45) is 0 Å². The molecule has 15 heteroatoms. The van der Waals surface area contributed by atoms with Crippen molar-refractivity contribution < 1.29 is 38.1 Å². The molecule has 0 bridgehead atoms. The molecule has 0 aliphatic carbocycles. The lowest BCUT2D eigenvalue weighted by Gasteiger charge is -2.29. The predicted molar refractivity (Wildman–Crippen MR) is 138 cm³/mol. The van der Waals surface area contributed by atoms with Gasteiger partial charge in [-0.25, -0.2) is 14.5 Å². The predicted octanol–water partition coefficient (Wildman–Crippen LogP) is 1.16. The Balaban J connectivity index is 1.59. The quantitative estimate of drug-likeness (QED) is 0.157. The van der Waals surface area contributed by atoms with Crippen LogP contribution < -0.4 is 15.3 Å². The molecule has 1 fully saturated rings. The Morgan fingerprint density at radius 2 is 2.03 bits per heavy atom. The van der Waals surface area contributed by atoms with Crippen molar-refractivity contribution in [3.8, 4) is 18.1 Å². The van der Waals surface area contributed by atoms with Crippen molar-refractivity contribution in [3.05, 3.63) is 42.9 Å². The number of rotatable bonds is 10. The van der Waals surface area contributed by atoms with Crippen molar-refractivity contribution in [2.75, 3.05) is 12.3 Å². The first-order chi connectivity index (χ1) is 18.5. The van der Waals surface area contributed by atoms with Gasteiger partial charge in [0.2, 0.25) is 5.95 Å². The van der Waals surface area contributed by atoms with Crippen LogP contribution in [0.1, 0.15) is 27.0 Å². The lowest BCUT2D eigenvalue weighted by atomic mass is 9.97. The van der Waals surface area contributed by atoms with Gasteiger partial charge in [-0.1, -0.05) is 24.1 Å². The minimum atomic E-state index is -4.35. The summed E-state index contributed by atoms with van der Waals surface area (Å²) >= 11 is 0. The molecule has 1 unspecified atom stereocenters. The Hall–Kier alpha value is -3.57. The molecular formula is C24H29N6O8P. The molecule has 0 radical (unpaired) electrons. The Morgan fingerprint density at radius 1 is 1.31 bits per heavy atom. The minimum absolute atomic E-state index is 0.0426. The van der Waals surface area contributed by atoms with Crippen LogP contribution in [-0.4, -0.2) is 72.3 Å². The number of carbonyl (C=O) groups is 1. The van der Waals surface area contributed by atoms with Crippen LogP contribution >= 0.6 is 7.75 Å². The largest absolute Gasteiger partial charge is 0.462 e. The van der Waals surface area contributed by atoms with Gasteiger partial charge in [0.15, 0.2) is 17.5 Å². The standard InChI is InChI=1S/C24H29N6O8P/c1-5-24(19(32)18(31)21(37-24)30-13-27-17-11-26-23(25)28-20(17)30)12-35-39(34,38-16-9-7-6-8-10-16)29-15(4)22(33)36-14(2)3/h1,6-11,13-15,18-19,21,31-32H,12H2,2-4H3,(H,29,34)(H2,25,26,28)/t15-,18?,19+,21+,24+,39-/m0/s1. The number of nitrogens with two attached hydrogens (primary N) is 1. The molecule has 14 nitrogen and oxygen atoms in total. The Labute approximate surface area is 224 Å². The van der Waals surface area contributed by atoms with E-state index in [1.807, 2.05) is 0 Å². The second-order valence-corrected chi connectivity index (χ2v) is 10.8. The molecule has 4 rings (SSSR count). The second-order valence-electron chi connectivity index (χ2n) is 9.08. The lowest BCUT2D eigenvalue weighted by molar-refractivity contribution is -0.149. The van der Waals surface area contributed by atoms with Crippen LogP contribution in [0.4, 0.5) is 5.95 Å². The van der Waals surface area contributed by atoms with Gasteiger partial charge in [-0.3, -0.25) is 13.9 Å². The molecule has 1 aliphatic heterocycles. The minimum Gasteiger partial charge on any atom is -0.462 e. The van der Waals surface area contributed by atoms with E-state index in [0.29, 0.717) is 5.52 Å². The highest BCUT2D eigenvalue weighted by atomic mass is 31.2. The first-order valence-corrected chi connectivity index (χ1v) is 13.5. The summed E-state index contributed by atoms with van der Waals surface area (Å²) in [5, 5.41) is 24.3. The summed E-state index contributed by atoms with van der Waals surface area (Å²) < 4.78 is 37.5. The molecule has 2 aromatic heterocycles. The van der Waals surface area contributed by atoms with Crippen LogP contribution in [0.15, 0.2) is 42.9 Å². The van der Waals surface area contributed by atoms with Gasteiger partial charge in [-0.2, -0.15) is 10.1 Å². The van der Waals surface area contributed by atoms with Crippen molar-refractivity contribution in [2.45, 2.75) is 57.0 Å². The van der Waals surface area contributed by atoms with Crippen LogP contribution in [0.3, 0.4) is 0 Å². The number of ether oxygens (including phenoxy) is 2. The second kappa shape index (κ2) is 11.3. The first kappa shape index (κ1) is 28.4. The number of nitrogens with zero attached hydrogens (tertiary/aromatic N) is 4. The fourth-order valence-electron chi connectivity index (χ4n) is 3.83. The summed E-state index contributed by atoms with van der Waals surface area (Å²) in [5.41, 5.74) is 4.28. The van der Waals surface area contributed by atoms with Gasteiger partial charge < -0.3 is 29.9 Å². The van der Waals surface area contributed by atoms with Crippen LogP contribution in [0.5, 0.6) is 5.75 Å². The summed E-state index contributed by atoms with van der Waals surface area (Å²) in [6.45, 7) is 4.06. The van der Waals surface area contributed by atoms with E-state index >= 15 is 0 Å². The number of aromatic nitrogens is 4. The number of aliphatic hydroxyl groups is 2. The summed E-state index contributed by atoms with van der Waals surface area (Å²) in [6, 6.07) is 6.98. The summed E-state index contributed by atoms with van der Waals surface area (Å²) in [5.74, 6) is 1.73. The van der Waals surface area contributed by atoms with Crippen molar-refractivity contribution in [1.82, 2.24) is 24.6 Å². The van der Waals surface area contributed by atoms with Crippen LogP contribution in [-0.2, 0) is 23.4 Å². The summed E-state index contributed by atoms with van der Waals surface area (Å²) in [4.78, 5) is 24.5. The molecule has 6 atom stereocenters. The Bertz CT molecular complexity index is 1410. The summed E-state index contributed by atoms with van der Waals surface area (Å²) in [7, 11) is -4.35. The van der Waals surface area contributed by atoms with Gasteiger partial charge in [0, 0.05) is 0 Å². The van der Waals surface area contributed by atoms with E-state index in [1.54, 1.807) is 32.0 Å². The first-order valence-electron chi connectivity index (χ1n) is 11.9. The molecule has 5 N–H and O–H groups in total. The van der Waals surface area contributed by atoms with E-state index in [0.717, 1.165) is 0 Å². The van der Waals surface area contributed by atoms with E-state index < -0.39 is 56.5 Å². The highest BCUT2D eigenvalue weighted by Gasteiger charge is 2.56. The van der Waals surface area contributed by atoms with E-state index in [2.05, 4.69) is 26.0 Å². The third-order valence-electron chi connectivity index (χ3n) is 5.75. The Kier molecular flexibility index (Phi) is 8.22. The van der Waals surface area contributed by atoms with Crippen molar-refractivity contribution in [1.29, 1.82) is 0 Å². The molecule has 1 aromatic carbocycles. The van der Waals surface area contributed by atoms with Gasteiger partial charge >= 0.3 is 13.7 Å². The van der Waals surface area contributed by atoms with Gasteiger partial charge in [-0.05, 0) is 32.9 Å². The fourth-order valence-corrected chi connectivity index (χ4v) is 5.35. The SMILES string of the molecule is C#C[C@]1(CO[P@@](=O)(N[C@@H](C)C(=O)OC(C)C)Oc2ccccc2)O[C@@H](n2cnc3cnc(N)nc32)C(O)[C@H]1O. The van der Waals surface area contributed by atoms with E-state index in [9.17, 15) is 19.6 Å². The average molecular weight is 561 g/mol. The molecule has 1 saturated heterocycles. The third-order valence-corrected chi connectivity index (χ3v) is 7.38. The van der Waals surface area contributed by atoms with Crippen LogP contribution in [0, 0.1) is 12.3 Å². The van der Waals surface area contributed by atoms with Gasteiger partial charge in [0.25, 0.3) is 0 Å². The lowest BCUT2D eigenvalue weighted by Crippen LogP contribution is -2.46. The maximum absolute atomic E-state index is 13.8. The van der Waals surface area contributed by atoms with E-state index in [-0.39, 0.29) is 17.3 Å². The van der Waals surface area contributed by atoms with Crippen LogP contribution in [0.25, 0.3) is 11.2 Å². The van der Waals surface area contributed by atoms with Gasteiger partial charge in [0.1, 0.15) is 36.1 Å². The zero-order valence-electron chi connectivity index (χ0n) is 21.4. The van der Waals surface area contributed by atoms with Crippen LogP contribution in [0.2, 0.25) is 0 Å². The van der Waals surface area contributed by atoms with Gasteiger partial charge in [0.05, 0.1) is 18.6 Å². The number of nitrogens with one attached hydrogen (secondary N) is 1. The number of anilines is 1. The molecular weight excluding hydrogens is 531 g/mol. The molecule has 3 heterocycles. The van der Waals surface area contributed by atoms with Gasteiger partial charge in [-0.15, -0.1) is 6.42 Å². The zero-order chi connectivity index (χ0) is 28.4. The molecule has 0 spiro atoms. The Morgan fingerprint density at radius 3 is 2.69 bits per heavy atom. The molecule has 39 heavy (non-hydrogen) atoms. The number of nitrogen functional groups attached to an aromatic ring is 1. The number of para-hydroxylation sites is 1. The number of fused-ring (bicyclic) bond motifs is 1. The molecule has 1 aliphatic rings. The molecule has 0 saturated carbocycles. The number of carbonyl (C=O) groups excluding carboxylic acids is 1. The van der Waals surface area contributed by atoms with E-state index in [1.165, 1.54) is 36.1 Å². The van der Waals surface area contributed by atoms with Crippen molar-refractivity contribution in [3.63, 3.8) is 0 Å². The highest BCUT2D eigenvalue weighted by molar-refractivity contribution is 7.52.